The van der Waals surface area contributed by atoms with E-state index in [1.807, 2.05) is 0 Å². The fraction of sp³-hybridized carbons (Fsp3) is 0.533. The summed E-state index contributed by atoms with van der Waals surface area (Å²) in [5.74, 6) is -1.56. The Morgan fingerprint density at radius 2 is 2.05 bits per heavy atom. The van der Waals surface area contributed by atoms with Gasteiger partial charge in [0.1, 0.15) is 5.69 Å². The summed E-state index contributed by atoms with van der Waals surface area (Å²) >= 11 is 0. The van der Waals surface area contributed by atoms with Crippen LogP contribution in [-0.4, -0.2) is 53.0 Å². The van der Waals surface area contributed by atoms with Crippen LogP contribution in [0.1, 0.15) is 46.5 Å². The van der Waals surface area contributed by atoms with Gasteiger partial charge in [0.05, 0.1) is 5.56 Å². The Balaban J connectivity index is 1.78. The summed E-state index contributed by atoms with van der Waals surface area (Å²) in [4.78, 5) is 29.3. The summed E-state index contributed by atoms with van der Waals surface area (Å²) in [5.41, 5.74) is -0.0889. The first kappa shape index (κ1) is 15.4. The smallest absolute Gasteiger partial charge is 0.338 e. The van der Waals surface area contributed by atoms with Crippen LogP contribution in [0.3, 0.4) is 0 Å². The molecule has 1 amide bonds. The molecule has 1 aliphatic rings. The maximum absolute atomic E-state index is 12.0. The summed E-state index contributed by atoms with van der Waals surface area (Å²) in [5, 5.41) is 11.8. The number of carbonyl (C=O) groups is 2. The Hall–Kier alpha value is -1.95. The molecule has 6 heteroatoms. The fourth-order valence-corrected chi connectivity index (χ4v) is 2.53. The summed E-state index contributed by atoms with van der Waals surface area (Å²) in [6.45, 7) is 3.77. The van der Waals surface area contributed by atoms with E-state index < -0.39 is 11.9 Å². The van der Waals surface area contributed by atoms with Gasteiger partial charge in [0, 0.05) is 12.7 Å². The molecule has 0 aliphatic carbocycles. The highest BCUT2D eigenvalue weighted by Gasteiger charge is 2.17. The van der Waals surface area contributed by atoms with Gasteiger partial charge in [-0.1, -0.05) is 6.42 Å². The van der Waals surface area contributed by atoms with Gasteiger partial charge >= 0.3 is 5.97 Å². The van der Waals surface area contributed by atoms with Gasteiger partial charge in [0.2, 0.25) is 0 Å². The summed E-state index contributed by atoms with van der Waals surface area (Å²) in [6, 6.07) is 2.90. The quantitative estimate of drug-likeness (QED) is 0.774. The maximum atomic E-state index is 12.0. The third kappa shape index (κ3) is 4.53. The molecule has 2 heterocycles. The number of amides is 1. The standard InChI is InChI=1S/C15H21N3O3/c19-14(13-12(15(20)21)6-4-7-16-13)17-8-5-11-18-9-2-1-3-10-18/h4,6-7H,1-3,5,8-11H2,(H,17,19)(H,20,21). The lowest BCUT2D eigenvalue weighted by Crippen LogP contribution is -2.33. The number of aromatic carboxylic acids is 1. The van der Waals surface area contributed by atoms with Crippen LogP contribution in [0, 0.1) is 0 Å². The molecule has 0 spiro atoms. The lowest BCUT2D eigenvalue weighted by atomic mass is 10.1. The van der Waals surface area contributed by atoms with E-state index in [1.165, 1.54) is 37.6 Å². The van der Waals surface area contributed by atoms with Crippen LogP contribution in [0.5, 0.6) is 0 Å². The third-order valence-electron chi connectivity index (χ3n) is 3.64. The van der Waals surface area contributed by atoms with E-state index in [1.54, 1.807) is 0 Å². The van der Waals surface area contributed by atoms with Crippen LogP contribution in [0.2, 0.25) is 0 Å². The lowest BCUT2D eigenvalue weighted by Gasteiger charge is -2.26. The molecule has 2 rings (SSSR count). The van der Waals surface area contributed by atoms with Crippen molar-refractivity contribution in [3.63, 3.8) is 0 Å². The van der Waals surface area contributed by atoms with Gasteiger partial charge in [-0.05, 0) is 51.0 Å². The molecule has 0 bridgehead atoms. The lowest BCUT2D eigenvalue weighted by molar-refractivity contribution is 0.0690. The predicted molar refractivity (Wildman–Crippen MR) is 78.4 cm³/mol. The van der Waals surface area contributed by atoms with Gasteiger partial charge in [-0.3, -0.25) is 9.78 Å². The number of likely N-dealkylation sites (tertiary alicyclic amines) is 1. The summed E-state index contributed by atoms with van der Waals surface area (Å²) < 4.78 is 0. The van der Waals surface area contributed by atoms with Crippen LogP contribution in [0.4, 0.5) is 0 Å². The Labute approximate surface area is 124 Å². The number of rotatable bonds is 6. The monoisotopic (exact) mass is 291 g/mol. The normalized spacial score (nSPS) is 15.6. The van der Waals surface area contributed by atoms with Crippen LogP contribution in [-0.2, 0) is 0 Å². The van der Waals surface area contributed by atoms with Crippen LogP contribution < -0.4 is 5.32 Å². The Morgan fingerprint density at radius 3 is 2.76 bits per heavy atom. The van der Waals surface area contributed by atoms with Gasteiger partial charge in [-0.25, -0.2) is 4.79 Å². The number of nitrogens with one attached hydrogen (secondary N) is 1. The molecule has 0 radical (unpaired) electrons. The molecule has 1 aromatic heterocycles. The van der Waals surface area contributed by atoms with Gasteiger partial charge in [-0.2, -0.15) is 0 Å². The highest BCUT2D eigenvalue weighted by molar-refractivity contribution is 6.03. The zero-order valence-corrected chi connectivity index (χ0v) is 12.0. The average Bonchev–Trinajstić information content (AvgIpc) is 2.52. The number of nitrogens with zero attached hydrogens (tertiary/aromatic N) is 2. The van der Waals surface area contributed by atoms with Crippen molar-refractivity contribution in [1.82, 2.24) is 15.2 Å². The van der Waals surface area contributed by atoms with Crippen LogP contribution >= 0.6 is 0 Å². The highest BCUT2D eigenvalue weighted by atomic mass is 16.4. The summed E-state index contributed by atoms with van der Waals surface area (Å²) in [6.07, 6.45) is 6.10. The molecular formula is C15H21N3O3. The fourth-order valence-electron chi connectivity index (χ4n) is 2.53. The third-order valence-corrected chi connectivity index (χ3v) is 3.64. The number of carboxylic acids is 1. The van der Waals surface area contributed by atoms with Crippen molar-refractivity contribution in [3.8, 4) is 0 Å². The van der Waals surface area contributed by atoms with E-state index >= 15 is 0 Å². The Morgan fingerprint density at radius 1 is 1.29 bits per heavy atom. The number of hydrogen-bond acceptors (Lipinski definition) is 4. The van der Waals surface area contributed by atoms with Crippen molar-refractivity contribution in [1.29, 1.82) is 0 Å². The molecule has 2 N–H and O–H groups in total. The van der Waals surface area contributed by atoms with E-state index in [4.69, 9.17) is 5.11 Å². The van der Waals surface area contributed by atoms with Gasteiger partial charge < -0.3 is 15.3 Å². The number of carbonyl (C=O) groups excluding carboxylic acids is 1. The molecule has 0 atom stereocenters. The molecule has 0 saturated carbocycles. The molecule has 1 aromatic rings. The molecule has 6 nitrogen and oxygen atoms in total. The van der Waals surface area contributed by atoms with E-state index in [0.717, 1.165) is 26.1 Å². The molecule has 114 valence electrons. The molecule has 21 heavy (non-hydrogen) atoms. The van der Waals surface area contributed by atoms with Crippen LogP contribution in [0.25, 0.3) is 0 Å². The minimum Gasteiger partial charge on any atom is -0.478 e. The minimum absolute atomic E-state index is 0.0250. The van der Waals surface area contributed by atoms with Gasteiger partial charge in [0.25, 0.3) is 5.91 Å². The minimum atomic E-state index is -1.14. The largest absolute Gasteiger partial charge is 0.478 e. The van der Waals surface area contributed by atoms with Gasteiger partial charge in [-0.15, -0.1) is 0 Å². The highest BCUT2D eigenvalue weighted by Crippen LogP contribution is 2.08. The molecule has 0 aromatic carbocycles. The van der Waals surface area contributed by atoms with E-state index in [0.29, 0.717) is 6.54 Å². The second kappa shape index (κ2) is 7.73. The van der Waals surface area contributed by atoms with E-state index in [9.17, 15) is 9.59 Å². The second-order valence-electron chi connectivity index (χ2n) is 5.22. The molecule has 1 aliphatic heterocycles. The molecule has 1 fully saturated rings. The van der Waals surface area contributed by atoms with Crippen molar-refractivity contribution >= 4 is 11.9 Å². The Bertz CT molecular complexity index is 499. The topological polar surface area (TPSA) is 82.5 Å². The number of piperidine rings is 1. The predicted octanol–water partition coefficient (Wildman–Crippen LogP) is 1.39. The number of carboxylic acid groups (broad SMARTS) is 1. The van der Waals surface area contributed by atoms with Crippen molar-refractivity contribution in [3.05, 3.63) is 29.6 Å². The first-order valence-electron chi connectivity index (χ1n) is 7.37. The van der Waals surface area contributed by atoms with Crippen molar-refractivity contribution in [2.24, 2.45) is 0 Å². The first-order chi connectivity index (χ1) is 10.2. The SMILES string of the molecule is O=C(O)c1cccnc1C(=O)NCCCN1CCCCC1. The molecular weight excluding hydrogens is 270 g/mol. The van der Waals surface area contributed by atoms with Crippen molar-refractivity contribution < 1.29 is 14.7 Å². The average molecular weight is 291 g/mol. The number of hydrogen-bond donors (Lipinski definition) is 2. The van der Waals surface area contributed by atoms with E-state index in [-0.39, 0.29) is 11.3 Å². The summed E-state index contributed by atoms with van der Waals surface area (Å²) in [7, 11) is 0. The van der Waals surface area contributed by atoms with Crippen molar-refractivity contribution in [2.45, 2.75) is 25.7 Å². The van der Waals surface area contributed by atoms with Crippen LogP contribution in [0.15, 0.2) is 18.3 Å². The second-order valence-corrected chi connectivity index (χ2v) is 5.22. The van der Waals surface area contributed by atoms with Crippen molar-refractivity contribution in [2.75, 3.05) is 26.2 Å². The zero-order chi connectivity index (χ0) is 15.1. The molecule has 0 unspecified atom stereocenters. The zero-order valence-electron chi connectivity index (χ0n) is 12.0. The number of aromatic nitrogens is 1. The number of pyridine rings is 1. The van der Waals surface area contributed by atoms with E-state index in [2.05, 4.69) is 15.2 Å². The Kier molecular flexibility index (Phi) is 5.68. The van der Waals surface area contributed by atoms with Gasteiger partial charge in [0.15, 0.2) is 0 Å². The molecule has 1 saturated heterocycles. The first-order valence-corrected chi connectivity index (χ1v) is 7.37. The maximum Gasteiger partial charge on any atom is 0.338 e.